The maximum atomic E-state index is 9.22. The van der Waals surface area contributed by atoms with Crippen LogP contribution in [0.4, 0.5) is 5.82 Å². The second kappa shape index (κ2) is 7.40. The van der Waals surface area contributed by atoms with E-state index in [2.05, 4.69) is 34.3 Å². The minimum absolute atomic E-state index is 0.698. The lowest BCUT2D eigenvalue weighted by atomic mass is 10.1. The van der Waals surface area contributed by atoms with E-state index in [-0.39, 0.29) is 0 Å². The minimum atomic E-state index is 0.698. The summed E-state index contributed by atoms with van der Waals surface area (Å²) in [7, 11) is 0. The average molecular weight is 340 g/mol. The number of aryl methyl sites for hydroxylation is 2. The summed E-state index contributed by atoms with van der Waals surface area (Å²) in [5, 5.41) is 17.2. The Bertz CT molecular complexity index is 858. The van der Waals surface area contributed by atoms with Gasteiger partial charge in [-0.1, -0.05) is 35.5 Å². The highest BCUT2D eigenvalue weighted by Gasteiger charge is 2.11. The van der Waals surface area contributed by atoms with Crippen molar-refractivity contribution in [2.75, 3.05) is 11.9 Å². The molecular weight excluding hydrogens is 320 g/mol. The summed E-state index contributed by atoms with van der Waals surface area (Å²) in [5.74, 6) is 0.879. The molecule has 0 saturated heterocycles. The van der Waals surface area contributed by atoms with Crippen molar-refractivity contribution >= 4 is 33.1 Å². The molecule has 0 radical (unpaired) electrons. The lowest BCUT2D eigenvalue weighted by molar-refractivity contribution is 0.318. The first-order chi connectivity index (χ1) is 11.7. The van der Waals surface area contributed by atoms with Crippen molar-refractivity contribution in [3.05, 3.63) is 52.7 Å². The van der Waals surface area contributed by atoms with Crippen molar-refractivity contribution in [2.24, 2.45) is 5.16 Å². The van der Waals surface area contributed by atoms with Gasteiger partial charge in [0.05, 0.1) is 11.1 Å². The number of hydrogen-bond acceptors (Lipinski definition) is 6. The van der Waals surface area contributed by atoms with Crippen LogP contribution in [-0.4, -0.2) is 27.4 Å². The number of thiophene rings is 1. The van der Waals surface area contributed by atoms with E-state index in [0.29, 0.717) is 12.1 Å². The van der Waals surface area contributed by atoms with E-state index < -0.39 is 0 Å². The zero-order chi connectivity index (χ0) is 16.9. The van der Waals surface area contributed by atoms with Gasteiger partial charge in [0.25, 0.3) is 0 Å². The first-order valence-electron chi connectivity index (χ1n) is 7.91. The molecule has 2 heterocycles. The summed E-state index contributed by atoms with van der Waals surface area (Å²) >= 11 is 1.69. The SMILES string of the molecule is Cc1sc2ncnc(NCCC/C(=N/O)c3ccccc3)c2c1C. The van der Waals surface area contributed by atoms with E-state index in [0.717, 1.165) is 34.6 Å². The van der Waals surface area contributed by atoms with Gasteiger partial charge in [-0.05, 0) is 37.8 Å². The van der Waals surface area contributed by atoms with E-state index >= 15 is 0 Å². The van der Waals surface area contributed by atoms with Crippen LogP contribution in [0.25, 0.3) is 10.2 Å². The Morgan fingerprint density at radius 1 is 1.21 bits per heavy atom. The fourth-order valence-corrected chi connectivity index (χ4v) is 3.66. The molecule has 2 N–H and O–H groups in total. The monoisotopic (exact) mass is 340 g/mol. The molecule has 0 saturated carbocycles. The van der Waals surface area contributed by atoms with Crippen LogP contribution in [0, 0.1) is 13.8 Å². The largest absolute Gasteiger partial charge is 0.411 e. The molecule has 0 aliphatic heterocycles. The Labute approximate surface area is 145 Å². The van der Waals surface area contributed by atoms with Gasteiger partial charge >= 0.3 is 0 Å². The van der Waals surface area contributed by atoms with Crippen molar-refractivity contribution in [1.29, 1.82) is 0 Å². The van der Waals surface area contributed by atoms with Crippen molar-refractivity contribution in [3.63, 3.8) is 0 Å². The molecule has 124 valence electrons. The van der Waals surface area contributed by atoms with E-state index in [1.54, 1.807) is 17.7 Å². The van der Waals surface area contributed by atoms with Crippen LogP contribution in [0.5, 0.6) is 0 Å². The number of nitrogens with one attached hydrogen (secondary N) is 1. The molecule has 3 rings (SSSR count). The second-order valence-corrected chi connectivity index (χ2v) is 6.83. The molecular formula is C18H20N4OS. The summed E-state index contributed by atoms with van der Waals surface area (Å²) < 4.78 is 0. The summed E-state index contributed by atoms with van der Waals surface area (Å²) in [6, 6.07) is 9.74. The summed E-state index contributed by atoms with van der Waals surface area (Å²) in [4.78, 5) is 11.0. The third-order valence-electron chi connectivity index (χ3n) is 4.08. The van der Waals surface area contributed by atoms with Crippen LogP contribution < -0.4 is 5.32 Å². The first kappa shape index (κ1) is 16.4. The Morgan fingerprint density at radius 3 is 2.75 bits per heavy atom. The number of anilines is 1. The molecule has 0 aliphatic carbocycles. The number of hydrogen-bond donors (Lipinski definition) is 2. The standard InChI is InChI=1S/C18H20N4OS/c1-12-13(2)24-18-16(12)17(20-11-21-18)19-10-6-9-15(22-23)14-7-4-3-5-8-14/h3-5,7-8,11,23H,6,9-10H2,1-2H3,(H,19,20,21)/b22-15-. The van der Waals surface area contributed by atoms with Gasteiger partial charge in [-0.25, -0.2) is 9.97 Å². The van der Waals surface area contributed by atoms with Crippen molar-refractivity contribution in [1.82, 2.24) is 9.97 Å². The van der Waals surface area contributed by atoms with Crippen LogP contribution in [0.2, 0.25) is 0 Å². The average Bonchev–Trinajstić information content (AvgIpc) is 2.91. The normalized spacial score (nSPS) is 11.8. The predicted molar refractivity (Wildman–Crippen MR) is 99.4 cm³/mol. The van der Waals surface area contributed by atoms with Gasteiger partial charge < -0.3 is 10.5 Å². The highest BCUT2D eigenvalue weighted by molar-refractivity contribution is 7.18. The molecule has 0 aliphatic rings. The summed E-state index contributed by atoms with van der Waals surface area (Å²) in [6.07, 6.45) is 3.15. The van der Waals surface area contributed by atoms with Crippen molar-refractivity contribution in [2.45, 2.75) is 26.7 Å². The maximum absolute atomic E-state index is 9.22. The summed E-state index contributed by atoms with van der Waals surface area (Å²) in [6.45, 7) is 4.97. The number of nitrogens with zero attached hydrogens (tertiary/aromatic N) is 3. The number of rotatable bonds is 6. The second-order valence-electron chi connectivity index (χ2n) is 5.63. The Balaban J connectivity index is 1.63. The quantitative estimate of drug-likeness (QED) is 0.302. The third kappa shape index (κ3) is 3.38. The number of benzene rings is 1. The van der Waals surface area contributed by atoms with Crippen LogP contribution in [0.3, 0.4) is 0 Å². The molecule has 1 aromatic carbocycles. The molecule has 24 heavy (non-hydrogen) atoms. The molecule has 2 aromatic heterocycles. The van der Waals surface area contributed by atoms with Gasteiger partial charge in [0.15, 0.2) is 0 Å². The third-order valence-corrected chi connectivity index (χ3v) is 5.19. The van der Waals surface area contributed by atoms with E-state index in [1.165, 1.54) is 10.4 Å². The maximum Gasteiger partial charge on any atom is 0.138 e. The molecule has 0 amide bonds. The Hall–Kier alpha value is -2.47. The molecule has 3 aromatic rings. The minimum Gasteiger partial charge on any atom is -0.411 e. The molecule has 0 spiro atoms. The zero-order valence-corrected chi connectivity index (χ0v) is 14.6. The van der Waals surface area contributed by atoms with Gasteiger partial charge in [0, 0.05) is 11.4 Å². The molecule has 0 unspecified atom stereocenters. The molecule has 0 atom stereocenters. The van der Waals surface area contributed by atoms with Gasteiger partial charge in [-0.15, -0.1) is 11.3 Å². The fourth-order valence-electron chi connectivity index (χ4n) is 2.66. The highest BCUT2D eigenvalue weighted by Crippen LogP contribution is 2.32. The van der Waals surface area contributed by atoms with E-state index in [1.807, 2.05) is 30.3 Å². The lowest BCUT2D eigenvalue weighted by Gasteiger charge is -2.08. The van der Waals surface area contributed by atoms with Gasteiger partial charge in [-0.3, -0.25) is 0 Å². The number of oxime groups is 1. The van der Waals surface area contributed by atoms with Crippen LogP contribution in [0.1, 0.15) is 28.8 Å². The predicted octanol–water partition coefficient (Wildman–Crippen LogP) is 4.38. The number of aromatic nitrogens is 2. The van der Waals surface area contributed by atoms with Gasteiger partial charge in [0.1, 0.15) is 17.0 Å². The van der Waals surface area contributed by atoms with Crippen molar-refractivity contribution in [3.8, 4) is 0 Å². The highest BCUT2D eigenvalue weighted by atomic mass is 32.1. The van der Waals surface area contributed by atoms with Crippen LogP contribution in [0.15, 0.2) is 41.8 Å². The first-order valence-corrected chi connectivity index (χ1v) is 8.73. The van der Waals surface area contributed by atoms with Crippen LogP contribution >= 0.6 is 11.3 Å². The van der Waals surface area contributed by atoms with Crippen LogP contribution in [-0.2, 0) is 0 Å². The zero-order valence-electron chi connectivity index (χ0n) is 13.8. The van der Waals surface area contributed by atoms with Crippen molar-refractivity contribution < 1.29 is 5.21 Å². The fraction of sp³-hybridized carbons (Fsp3) is 0.278. The smallest absolute Gasteiger partial charge is 0.138 e. The lowest BCUT2D eigenvalue weighted by Crippen LogP contribution is -2.08. The van der Waals surface area contributed by atoms with Gasteiger partial charge in [-0.2, -0.15) is 0 Å². The number of fused-ring (bicyclic) bond motifs is 1. The molecule has 6 heteroatoms. The van der Waals surface area contributed by atoms with E-state index in [4.69, 9.17) is 0 Å². The Kier molecular flexibility index (Phi) is 5.05. The molecule has 0 fully saturated rings. The Morgan fingerprint density at radius 2 is 2.00 bits per heavy atom. The molecule has 5 nitrogen and oxygen atoms in total. The summed E-state index contributed by atoms with van der Waals surface area (Å²) in [5.41, 5.74) is 2.89. The topological polar surface area (TPSA) is 70.4 Å². The molecule has 0 bridgehead atoms. The van der Waals surface area contributed by atoms with Gasteiger partial charge in [0.2, 0.25) is 0 Å². The van der Waals surface area contributed by atoms with E-state index in [9.17, 15) is 5.21 Å².